The lowest BCUT2D eigenvalue weighted by Crippen LogP contribution is -2.46. The van der Waals surface area contributed by atoms with Crippen LogP contribution in [0.4, 0.5) is 11.5 Å². The molecule has 0 aliphatic carbocycles. The Morgan fingerprint density at radius 2 is 1.91 bits per heavy atom. The van der Waals surface area contributed by atoms with Gasteiger partial charge in [0.1, 0.15) is 12.2 Å². The number of imidazole rings is 1. The zero-order valence-electron chi connectivity index (χ0n) is 18.8. The first-order valence-corrected chi connectivity index (χ1v) is 11.5. The van der Waals surface area contributed by atoms with Gasteiger partial charge in [0.2, 0.25) is 5.91 Å². The Bertz CT molecular complexity index is 1360. The molecule has 1 fully saturated rings. The van der Waals surface area contributed by atoms with E-state index in [9.17, 15) is 4.79 Å². The highest BCUT2D eigenvalue weighted by atomic mass is 16.2. The summed E-state index contributed by atoms with van der Waals surface area (Å²) in [7, 11) is 0. The van der Waals surface area contributed by atoms with Gasteiger partial charge in [-0.05, 0) is 38.3 Å². The monoisotopic (exact) mass is 442 g/mol. The number of piperidine rings is 1. The topological polar surface area (TPSA) is 93.8 Å². The SMILES string of the molecule is CCn1cc(-c2nc3c(N4CCC5(CC4)C(=O)Nc4ccccc45)ncnc3n2CC)cn1. The predicted molar refractivity (Wildman–Crippen MR) is 126 cm³/mol. The van der Waals surface area contributed by atoms with Crippen LogP contribution in [-0.4, -0.2) is 48.3 Å². The minimum Gasteiger partial charge on any atom is -0.355 e. The van der Waals surface area contributed by atoms with Crippen molar-refractivity contribution in [2.24, 2.45) is 0 Å². The molecule has 1 saturated heterocycles. The zero-order chi connectivity index (χ0) is 22.6. The van der Waals surface area contributed by atoms with Gasteiger partial charge < -0.3 is 14.8 Å². The number of fused-ring (bicyclic) bond motifs is 3. The van der Waals surface area contributed by atoms with Crippen molar-refractivity contribution in [3.63, 3.8) is 0 Å². The summed E-state index contributed by atoms with van der Waals surface area (Å²) >= 11 is 0. The summed E-state index contributed by atoms with van der Waals surface area (Å²) in [5, 5.41) is 7.49. The first kappa shape index (κ1) is 19.9. The van der Waals surface area contributed by atoms with Gasteiger partial charge in [-0.2, -0.15) is 5.10 Å². The highest BCUT2D eigenvalue weighted by Gasteiger charge is 2.48. The van der Waals surface area contributed by atoms with Crippen molar-refractivity contribution in [1.82, 2.24) is 29.3 Å². The van der Waals surface area contributed by atoms with Gasteiger partial charge in [0.25, 0.3) is 0 Å². The lowest BCUT2D eigenvalue weighted by Gasteiger charge is -2.38. The van der Waals surface area contributed by atoms with Crippen molar-refractivity contribution in [1.29, 1.82) is 0 Å². The lowest BCUT2D eigenvalue weighted by molar-refractivity contribution is -0.121. The summed E-state index contributed by atoms with van der Waals surface area (Å²) in [6.45, 7) is 7.18. The average molecular weight is 443 g/mol. The summed E-state index contributed by atoms with van der Waals surface area (Å²) in [5.74, 6) is 1.80. The maximum absolute atomic E-state index is 13.0. The largest absolute Gasteiger partial charge is 0.355 e. The molecule has 4 aromatic rings. The van der Waals surface area contributed by atoms with Gasteiger partial charge in [0.15, 0.2) is 17.0 Å². The Morgan fingerprint density at radius 1 is 1.09 bits per heavy atom. The number of amides is 1. The molecule has 1 N–H and O–H groups in total. The Balaban J connectivity index is 1.36. The van der Waals surface area contributed by atoms with E-state index in [1.807, 2.05) is 35.3 Å². The van der Waals surface area contributed by atoms with E-state index in [-0.39, 0.29) is 5.91 Å². The van der Waals surface area contributed by atoms with E-state index in [2.05, 4.69) is 49.8 Å². The van der Waals surface area contributed by atoms with Crippen LogP contribution in [0.5, 0.6) is 0 Å². The number of rotatable bonds is 4. The highest BCUT2D eigenvalue weighted by Crippen LogP contribution is 2.45. The Hall–Kier alpha value is -3.75. The molecule has 1 amide bonds. The van der Waals surface area contributed by atoms with Crippen LogP contribution < -0.4 is 10.2 Å². The third-order valence-corrected chi connectivity index (χ3v) is 7.09. The summed E-state index contributed by atoms with van der Waals surface area (Å²) in [6, 6.07) is 8.05. The molecule has 1 spiro atoms. The van der Waals surface area contributed by atoms with E-state index in [4.69, 9.17) is 4.98 Å². The van der Waals surface area contributed by atoms with Crippen LogP contribution in [0.1, 0.15) is 32.3 Å². The first-order chi connectivity index (χ1) is 16.1. The molecule has 9 heteroatoms. The second-order valence-electron chi connectivity index (χ2n) is 8.70. The molecular weight excluding hydrogens is 416 g/mol. The van der Waals surface area contributed by atoms with Crippen LogP contribution in [0.15, 0.2) is 43.0 Å². The molecule has 1 aromatic carbocycles. The van der Waals surface area contributed by atoms with E-state index in [1.54, 1.807) is 6.33 Å². The molecule has 2 aliphatic heterocycles. The standard InChI is InChI=1S/C24H26N8O/c1-3-31-14-16(13-27-31)20-29-19-21(25-15-26-22(19)32(20)4-2)30-11-9-24(10-12-30)17-7-5-6-8-18(17)28-23(24)33/h5-8,13-15H,3-4,9-12H2,1-2H3,(H,28,33). The summed E-state index contributed by atoms with van der Waals surface area (Å²) in [6.07, 6.45) is 6.97. The number of para-hydroxylation sites is 1. The normalized spacial score (nSPS) is 17.0. The fraction of sp³-hybridized carbons (Fsp3) is 0.375. The number of nitrogens with zero attached hydrogens (tertiary/aromatic N) is 7. The lowest BCUT2D eigenvalue weighted by atomic mass is 9.73. The van der Waals surface area contributed by atoms with Crippen molar-refractivity contribution in [3.8, 4) is 11.4 Å². The summed E-state index contributed by atoms with van der Waals surface area (Å²) in [4.78, 5) is 29.4. The Kier molecular flexibility index (Phi) is 4.46. The molecule has 9 nitrogen and oxygen atoms in total. The number of anilines is 2. The molecular formula is C24H26N8O. The van der Waals surface area contributed by atoms with Crippen molar-refractivity contribution in [2.75, 3.05) is 23.3 Å². The minimum atomic E-state index is -0.456. The van der Waals surface area contributed by atoms with Gasteiger partial charge in [0, 0.05) is 38.1 Å². The number of aryl methyl sites for hydroxylation is 2. The first-order valence-electron chi connectivity index (χ1n) is 11.5. The molecule has 0 atom stereocenters. The molecule has 0 bridgehead atoms. The molecule has 0 unspecified atom stereocenters. The van der Waals surface area contributed by atoms with Crippen LogP contribution >= 0.6 is 0 Å². The van der Waals surface area contributed by atoms with Crippen molar-refractivity contribution in [3.05, 3.63) is 48.5 Å². The number of hydrogen-bond donors (Lipinski definition) is 1. The Morgan fingerprint density at radius 3 is 2.67 bits per heavy atom. The quantitative estimate of drug-likeness (QED) is 0.522. The number of hydrogen-bond acceptors (Lipinski definition) is 6. The molecule has 0 radical (unpaired) electrons. The maximum atomic E-state index is 13.0. The van der Waals surface area contributed by atoms with Gasteiger partial charge in [-0.3, -0.25) is 9.48 Å². The number of aromatic nitrogens is 6. The second-order valence-corrected chi connectivity index (χ2v) is 8.70. The van der Waals surface area contributed by atoms with Crippen molar-refractivity contribution >= 4 is 28.6 Å². The summed E-state index contributed by atoms with van der Waals surface area (Å²) in [5.41, 5.74) is 4.20. The van der Waals surface area contributed by atoms with Crippen molar-refractivity contribution < 1.29 is 4.79 Å². The van der Waals surface area contributed by atoms with Crippen LogP contribution in [0.2, 0.25) is 0 Å². The van der Waals surface area contributed by atoms with Gasteiger partial charge in [0.05, 0.1) is 17.2 Å². The highest BCUT2D eigenvalue weighted by molar-refractivity contribution is 6.06. The molecule has 168 valence electrons. The molecule has 5 heterocycles. The number of carbonyl (C=O) groups is 1. The number of benzene rings is 1. The molecule has 33 heavy (non-hydrogen) atoms. The number of carbonyl (C=O) groups excluding carboxylic acids is 1. The van der Waals surface area contributed by atoms with E-state index in [0.29, 0.717) is 0 Å². The van der Waals surface area contributed by atoms with E-state index in [1.165, 1.54) is 0 Å². The van der Waals surface area contributed by atoms with Crippen LogP contribution in [0.3, 0.4) is 0 Å². The zero-order valence-corrected chi connectivity index (χ0v) is 18.8. The molecule has 2 aliphatic rings. The number of nitrogens with one attached hydrogen (secondary N) is 1. The van der Waals surface area contributed by atoms with Crippen LogP contribution in [-0.2, 0) is 23.3 Å². The second kappa shape index (κ2) is 7.40. The molecule has 3 aromatic heterocycles. The van der Waals surface area contributed by atoms with Gasteiger partial charge >= 0.3 is 0 Å². The third-order valence-electron chi connectivity index (χ3n) is 7.09. The van der Waals surface area contributed by atoms with E-state index < -0.39 is 5.41 Å². The minimum absolute atomic E-state index is 0.113. The molecule has 0 saturated carbocycles. The van der Waals surface area contributed by atoms with Crippen LogP contribution in [0, 0.1) is 0 Å². The maximum Gasteiger partial charge on any atom is 0.235 e. The van der Waals surface area contributed by atoms with Gasteiger partial charge in [-0.25, -0.2) is 15.0 Å². The fourth-order valence-corrected chi connectivity index (χ4v) is 5.30. The van der Waals surface area contributed by atoms with Crippen molar-refractivity contribution in [2.45, 2.75) is 45.2 Å². The molecule has 6 rings (SSSR count). The summed E-state index contributed by atoms with van der Waals surface area (Å²) < 4.78 is 4.01. The Labute approximate surface area is 191 Å². The fourth-order valence-electron chi connectivity index (χ4n) is 5.30. The van der Waals surface area contributed by atoms with E-state index in [0.717, 1.165) is 78.6 Å². The van der Waals surface area contributed by atoms with Gasteiger partial charge in [-0.1, -0.05) is 18.2 Å². The van der Waals surface area contributed by atoms with E-state index >= 15 is 0 Å². The van der Waals surface area contributed by atoms with Crippen LogP contribution in [0.25, 0.3) is 22.6 Å². The third kappa shape index (κ3) is 2.88. The predicted octanol–water partition coefficient (Wildman–Crippen LogP) is 3.22. The average Bonchev–Trinajstić information content (AvgIpc) is 3.54. The smallest absolute Gasteiger partial charge is 0.235 e. The van der Waals surface area contributed by atoms with Gasteiger partial charge in [-0.15, -0.1) is 0 Å².